The van der Waals surface area contributed by atoms with Crippen LogP contribution >= 0.6 is 12.6 Å². The van der Waals surface area contributed by atoms with Gasteiger partial charge in [0, 0.05) is 30.8 Å². The van der Waals surface area contributed by atoms with Crippen molar-refractivity contribution >= 4 is 18.6 Å². The van der Waals surface area contributed by atoms with Gasteiger partial charge in [-0.15, -0.1) is 0 Å². The van der Waals surface area contributed by atoms with Crippen LogP contribution in [0.15, 0.2) is 30.3 Å². The van der Waals surface area contributed by atoms with Crippen molar-refractivity contribution in [1.29, 1.82) is 0 Å². The Labute approximate surface area is 136 Å². The van der Waals surface area contributed by atoms with Crippen molar-refractivity contribution in [1.82, 2.24) is 10.6 Å². The summed E-state index contributed by atoms with van der Waals surface area (Å²) < 4.78 is 4.47. The van der Waals surface area contributed by atoms with Gasteiger partial charge >= 0.3 is 5.97 Å². The zero-order valence-corrected chi connectivity index (χ0v) is 13.6. The molecule has 6 heteroatoms. The minimum atomic E-state index is -0.399. The van der Waals surface area contributed by atoms with Gasteiger partial charge in [0.15, 0.2) is 0 Å². The molecule has 122 valence electrons. The second-order valence-electron chi connectivity index (χ2n) is 5.63. The molecule has 0 spiro atoms. The highest BCUT2D eigenvalue weighted by Gasteiger charge is 2.28. The van der Waals surface area contributed by atoms with Gasteiger partial charge in [0.05, 0.1) is 13.2 Å². The summed E-state index contributed by atoms with van der Waals surface area (Å²) in [7, 11) is 1.34. The number of hydrogen-bond acceptors (Lipinski definition) is 6. The third-order valence-corrected chi connectivity index (χ3v) is 4.30. The molecule has 3 N–H and O–H groups in total. The van der Waals surface area contributed by atoms with Crippen LogP contribution in [0, 0.1) is 0 Å². The van der Waals surface area contributed by atoms with Crippen LogP contribution in [-0.4, -0.2) is 48.7 Å². The Hall–Kier alpha value is -1.08. The number of methoxy groups -OCH3 is 1. The second-order valence-corrected chi connectivity index (χ2v) is 6.36. The predicted molar refractivity (Wildman–Crippen MR) is 89.0 cm³/mol. The van der Waals surface area contributed by atoms with Gasteiger partial charge in [-0.1, -0.05) is 30.3 Å². The number of aliphatic hydroxyl groups excluding tert-OH is 1. The van der Waals surface area contributed by atoms with E-state index in [1.807, 2.05) is 0 Å². The van der Waals surface area contributed by atoms with Gasteiger partial charge in [-0.25, -0.2) is 0 Å². The molecule has 1 aromatic carbocycles. The lowest BCUT2D eigenvalue weighted by molar-refractivity contribution is -0.142. The first kappa shape index (κ1) is 17.3. The van der Waals surface area contributed by atoms with Gasteiger partial charge in [-0.2, -0.15) is 12.6 Å². The Morgan fingerprint density at radius 2 is 1.95 bits per heavy atom. The lowest BCUT2D eigenvalue weighted by Crippen LogP contribution is -2.31. The molecule has 22 heavy (non-hydrogen) atoms. The fourth-order valence-corrected chi connectivity index (χ4v) is 3.01. The van der Waals surface area contributed by atoms with Gasteiger partial charge in [0.2, 0.25) is 0 Å². The van der Waals surface area contributed by atoms with Crippen molar-refractivity contribution in [2.24, 2.45) is 0 Å². The van der Waals surface area contributed by atoms with Gasteiger partial charge in [-0.3, -0.25) is 4.79 Å². The molecule has 1 aromatic rings. The molecule has 4 atom stereocenters. The summed E-state index contributed by atoms with van der Waals surface area (Å²) >= 11 is 4.44. The van der Waals surface area contributed by atoms with Crippen LogP contribution in [0.4, 0.5) is 0 Å². The van der Waals surface area contributed by atoms with Crippen molar-refractivity contribution in [3.63, 3.8) is 0 Å². The van der Waals surface area contributed by atoms with Gasteiger partial charge in [0.25, 0.3) is 0 Å². The van der Waals surface area contributed by atoms with Crippen molar-refractivity contribution in [3.05, 3.63) is 35.9 Å². The Morgan fingerprint density at radius 1 is 1.23 bits per heavy atom. The van der Waals surface area contributed by atoms with Crippen LogP contribution < -0.4 is 10.6 Å². The van der Waals surface area contributed by atoms with Crippen LogP contribution in [0.3, 0.4) is 0 Å². The number of ether oxygens (including phenoxy) is 1. The Kier molecular flexibility index (Phi) is 6.70. The standard InChI is InChI=1S/C10H13NS.C6H11NO3/c12-9-6-10(11-7-9)8-4-2-1-3-5-8;1-10-6(9)5-2-4(8)3-7-5/h1-5,9-12H,6-7H2;4-5,7-8H,2-3H2,1H3. The summed E-state index contributed by atoms with van der Waals surface area (Å²) in [6.07, 6.45) is 1.21. The topological polar surface area (TPSA) is 70.6 Å². The fourth-order valence-electron chi connectivity index (χ4n) is 2.70. The maximum atomic E-state index is 10.8. The molecule has 0 saturated carbocycles. The van der Waals surface area contributed by atoms with Crippen LogP contribution in [0.25, 0.3) is 0 Å². The number of thiol groups is 1. The molecule has 0 amide bonds. The molecule has 2 aliphatic rings. The number of esters is 1. The summed E-state index contributed by atoms with van der Waals surface area (Å²) in [6, 6.07) is 10.8. The van der Waals surface area contributed by atoms with E-state index in [4.69, 9.17) is 5.11 Å². The van der Waals surface area contributed by atoms with Crippen LogP contribution in [0.5, 0.6) is 0 Å². The third kappa shape index (κ3) is 4.98. The molecule has 0 radical (unpaired) electrons. The number of benzene rings is 1. The summed E-state index contributed by atoms with van der Waals surface area (Å²) in [6.45, 7) is 1.52. The quantitative estimate of drug-likeness (QED) is 0.481. The molecule has 2 aliphatic heterocycles. The molecule has 3 rings (SSSR count). The lowest BCUT2D eigenvalue weighted by atomic mass is 10.1. The minimum Gasteiger partial charge on any atom is -0.468 e. The average molecular weight is 324 g/mol. The van der Waals surface area contributed by atoms with E-state index >= 15 is 0 Å². The normalized spacial score (nSPS) is 30.5. The summed E-state index contributed by atoms with van der Waals surface area (Å²) in [5.74, 6) is -0.295. The maximum Gasteiger partial charge on any atom is 0.322 e. The van der Waals surface area contributed by atoms with Gasteiger partial charge in [0.1, 0.15) is 6.04 Å². The fraction of sp³-hybridized carbons (Fsp3) is 0.562. The molecule has 2 heterocycles. The monoisotopic (exact) mass is 324 g/mol. The van der Waals surface area contributed by atoms with E-state index in [1.54, 1.807) is 0 Å². The van der Waals surface area contributed by atoms with Crippen molar-refractivity contribution in [3.8, 4) is 0 Å². The highest BCUT2D eigenvalue weighted by atomic mass is 32.1. The SMILES string of the molecule is COC(=O)C1CC(O)CN1.SC1CNC(c2ccccc2)C1. The van der Waals surface area contributed by atoms with Crippen LogP contribution in [0.1, 0.15) is 24.4 Å². The second kappa shape index (κ2) is 8.53. The first-order valence-corrected chi connectivity index (χ1v) is 8.07. The minimum absolute atomic E-state index is 0.295. The number of aliphatic hydroxyl groups is 1. The van der Waals surface area contributed by atoms with E-state index < -0.39 is 6.10 Å². The van der Waals surface area contributed by atoms with E-state index in [0.717, 1.165) is 13.0 Å². The Balaban J connectivity index is 0.000000164. The van der Waals surface area contributed by atoms with E-state index in [2.05, 4.69) is 58.3 Å². The predicted octanol–water partition coefficient (Wildman–Crippen LogP) is 0.902. The first-order chi connectivity index (χ1) is 10.6. The van der Waals surface area contributed by atoms with E-state index in [1.165, 1.54) is 12.7 Å². The van der Waals surface area contributed by atoms with Crippen LogP contribution in [0.2, 0.25) is 0 Å². The van der Waals surface area contributed by atoms with E-state index in [9.17, 15) is 4.79 Å². The van der Waals surface area contributed by atoms with Gasteiger partial charge in [-0.05, 0) is 12.0 Å². The molecule has 0 aliphatic carbocycles. The number of β-amino-alcohol motifs (C(OH)–C–C–N with tert-alkyl or cyclic N) is 1. The van der Waals surface area contributed by atoms with E-state index in [-0.39, 0.29) is 12.0 Å². The molecule has 4 unspecified atom stereocenters. The molecule has 0 aromatic heterocycles. The number of carbonyl (C=O) groups is 1. The molecule has 0 bridgehead atoms. The molecule has 5 nitrogen and oxygen atoms in total. The summed E-state index contributed by atoms with van der Waals surface area (Å²) in [4.78, 5) is 10.8. The van der Waals surface area contributed by atoms with Crippen LogP contribution in [-0.2, 0) is 9.53 Å². The maximum absolute atomic E-state index is 10.8. The highest BCUT2D eigenvalue weighted by molar-refractivity contribution is 7.81. The van der Waals surface area contributed by atoms with E-state index in [0.29, 0.717) is 24.3 Å². The number of rotatable bonds is 2. The highest BCUT2D eigenvalue weighted by Crippen LogP contribution is 2.25. The third-order valence-electron chi connectivity index (χ3n) is 3.90. The Morgan fingerprint density at radius 3 is 2.45 bits per heavy atom. The summed E-state index contributed by atoms with van der Waals surface area (Å²) in [5, 5.41) is 15.8. The number of nitrogens with one attached hydrogen (secondary N) is 2. The zero-order chi connectivity index (χ0) is 15.9. The number of hydrogen-bond donors (Lipinski definition) is 4. The van der Waals surface area contributed by atoms with Crippen molar-refractivity contribution in [2.45, 2.75) is 36.3 Å². The smallest absolute Gasteiger partial charge is 0.322 e. The lowest BCUT2D eigenvalue weighted by Gasteiger charge is -2.09. The van der Waals surface area contributed by atoms with Gasteiger partial charge < -0.3 is 20.5 Å². The largest absolute Gasteiger partial charge is 0.468 e. The molecular formula is C16H24N2O3S. The van der Waals surface area contributed by atoms with Crippen molar-refractivity contribution in [2.75, 3.05) is 20.2 Å². The Bertz CT molecular complexity index is 472. The molecule has 2 saturated heterocycles. The molecular weight excluding hydrogens is 300 g/mol. The summed E-state index contributed by atoms with van der Waals surface area (Å²) in [5.41, 5.74) is 1.38. The number of carbonyl (C=O) groups excluding carboxylic acids is 1. The molecule has 2 fully saturated rings. The average Bonchev–Trinajstić information content (AvgIpc) is 3.17. The first-order valence-electron chi connectivity index (χ1n) is 7.55. The van der Waals surface area contributed by atoms with Crippen molar-refractivity contribution < 1.29 is 14.6 Å². The zero-order valence-electron chi connectivity index (χ0n) is 12.7.